The van der Waals surface area contributed by atoms with E-state index in [4.69, 9.17) is 16.3 Å². The Morgan fingerprint density at radius 3 is 2.81 bits per heavy atom. The van der Waals surface area contributed by atoms with E-state index in [1.54, 1.807) is 31.8 Å². The van der Waals surface area contributed by atoms with Crippen molar-refractivity contribution < 1.29 is 9.84 Å². The summed E-state index contributed by atoms with van der Waals surface area (Å²) in [6, 6.07) is 0. The Morgan fingerprint density at radius 2 is 2.31 bits per heavy atom. The second-order valence-corrected chi connectivity index (χ2v) is 4.50. The third-order valence-electron chi connectivity index (χ3n) is 2.85. The van der Waals surface area contributed by atoms with Crippen LogP contribution in [0.4, 0.5) is 0 Å². The van der Waals surface area contributed by atoms with Crippen molar-refractivity contribution in [1.82, 2.24) is 9.78 Å². The van der Waals surface area contributed by atoms with Gasteiger partial charge >= 0.3 is 0 Å². The van der Waals surface area contributed by atoms with Gasteiger partial charge in [-0.1, -0.05) is 18.5 Å². The lowest BCUT2D eigenvalue weighted by atomic mass is 9.96. The van der Waals surface area contributed by atoms with Crippen LogP contribution in [0.3, 0.4) is 0 Å². The highest BCUT2D eigenvalue weighted by atomic mass is 35.5. The van der Waals surface area contributed by atoms with E-state index < -0.39 is 5.60 Å². The summed E-state index contributed by atoms with van der Waals surface area (Å²) in [6.45, 7) is 6.28. The zero-order chi connectivity index (χ0) is 12.3. The van der Waals surface area contributed by atoms with Gasteiger partial charge in [0.25, 0.3) is 0 Å². The number of hydrogen-bond donors (Lipinski definition) is 1. The summed E-state index contributed by atoms with van der Waals surface area (Å²) in [7, 11) is 1.56. The van der Waals surface area contributed by atoms with E-state index in [1.165, 1.54) is 0 Å². The molecule has 0 fully saturated rings. The highest BCUT2D eigenvalue weighted by Crippen LogP contribution is 2.31. The molecule has 0 bridgehead atoms. The summed E-state index contributed by atoms with van der Waals surface area (Å²) in [5.74, 6) is 0. The van der Waals surface area contributed by atoms with Gasteiger partial charge in [-0.3, -0.25) is 4.68 Å². The van der Waals surface area contributed by atoms with Crippen LogP contribution in [0, 0.1) is 0 Å². The van der Waals surface area contributed by atoms with Gasteiger partial charge in [-0.25, -0.2) is 0 Å². The second kappa shape index (κ2) is 5.17. The molecule has 2 atom stereocenters. The Hall–Kier alpha value is -0.580. The standard InChI is InChI=1S/C11H19ClN2O2/c1-5-6-14-10(9(12)7-13-14)11(3,15)8(2)16-4/h7-8,15H,5-6H2,1-4H3. The number of aryl methyl sites for hydroxylation is 1. The van der Waals surface area contributed by atoms with Crippen molar-refractivity contribution in [1.29, 1.82) is 0 Å². The van der Waals surface area contributed by atoms with Crippen LogP contribution in [0.2, 0.25) is 5.02 Å². The van der Waals surface area contributed by atoms with Gasteiger partial charge in [0.1, 0.15) is 5.60 Å². The van der Waals surface area contributed by atoms with E-state index in [2.05, 4.69) is 5.10 Å². The van der Waals surface area contributed by atoms with Crippen molar-refractivity contribution in [2.45, 2.75) is 45.4 Å². The van der Waals surface area contributed by atoms with Crippen LogP contribution in [0.25, 0.3) is 0 Å². The minimum atomic E-state index is -1.14. The maximum absolute atomic E-state index is 10.5. The van der Waals surface area contributed by atoms with E-state index >= 15 is 0 Å². The molecule has 0 amide bonds. The van der Waals surface area contributed by atoms with Gasteiger partial charge < -0.3 is 9.84 Å². The smallest absolute Gasteiger partial charge is 0.131 e. The minimum absolute atomic E-state index is 0.350. The normalized spacial score (nSPS) is 17.1. The molecule has 0 spiro atoms. The Balaban J connectivity index is 3.14. The summed E-state index contributed by atoms with van der Waals surface area (Å²) in [5.41, 5.74) is -0.525. The summed E-state index contributed by atoms with van der Waals surface area (Å²) < 4.78 is 6.91. The summed E-state index contributed by atoms with van der Waals surface area (Å²) in [4.78, 5) is 0. The number of ether oxygens (including phenoxy) is 1. The lowest BCUT2D eigenvalue weighted by Crippen LogP contribution is -2.38. The largest absolute Gasteiger partial charge is 0.381 e. The van der Waals surface area contributed by atoms with E-state index in [1.807, 2.05) is 6.92 Å². The van der Waals surface area contributed by atoms with Crippen molar-refractivity contribution >= 4 is 11.6 Å². The predicted octanol–water partition coefficient (Wildman–Crippen LogP) is 2.19. The molecule has 0 saturated carbocycles. The fourth-order valence-corrected chi connectivity index (χ4v) is 2.00. The number of methoxy groups -OCH3 is 1. The molecule has 0 radical (unpaired) electrons. The number of aliphatic hydroxyl groups is 1. The number of nitrogens with zero attached hydrogens (tertiary/aromatic N) is 2. The van der Waals surface area contributed by atoms with Crippen molar-refractivity contribution in [3.05, 3.63) is 16.9 Å². The van der Waals surface area contributed by atoms with Gasteiger partial charge in [-0.2, -0.15) is 5.10 Å². The lowest BCUT2D eigenvalue weighted by Gasteiger charge is -2.30. The van der Waals surface area contributed by atoms with Crippen molar-refractivity contribution in [3.8, 4) is 0 Å². The fraction of sp³-hybridized carbons (Fsp3) is 0.727. The topological polar surface area (TPSA) is 47.3 Å². The molecule has 1 heterocycles. The first kappa shape index (κ1) is 13.5. The zero-order valence-electron chi connectivity index (χ0n) is 10.2. The van der Waals surface area contributed by atoms with Gasteiger partial charge in [0.15, 0.2) is 0 Å². The first-order valence-electron chi connectivity index (χ1n) is 5.42. The molecule has 0 aliphatic carbocycles. The molecule has 0 aliphatic heterocycles. The van der Waals surface area contributed by atoms with Crippen LogP contribution in [-0.2, 0) is 16.9 Å². The first-order chi connectivity index (χ1) is 7.45. The molecule has 0 saturated heterocycles. The van der Waals surface area contributed by atoms with Crippen molar-refractivity contribution in [2.75, 3.05) is 7.11 Å². The predicted molar refractivity (Wildman–Crippen MR) is 63.6 cm³/mol. The molecule has 1 aromatic heterocycles. The molecule has 92 valence electrons. The van der Waals surface area contributed by atoms with Gasteiger partial charge in [0, 0.05) is 13.7 Å². The monoisotopic (exact) mass is 246 g/mol. The average Bonchev–Trinajstić information content (AvgIpc) is 2.59. The number of rotatable bonds is 5. The number of hydrogen-bond acceptors (Lipinski definition) is 3. The number of aromatic nitrogens is 2. The third-order valence-corrected chi connectivity index (χ3v) is 3.13. The van der Waals surface area contributed by atoms with E-state index in [-0.39, 0.29) is 6.10 Å². The van der Waals surface area contributed by atoms with Crippen molar-refractivity contribution in [2.24, 2.45) is 0 Å². The maximum Gasteiger partial charge on any atom is 0.131 e. The van der Waals surface area contributed by atoms with E-state index in [0.29, 0.717) is 10.7 Å². The Bertz CT molecular complexity index is 350. The molecular formula is C11H19ClN2O2. The molecule has 1 N–H and O–H groups in total. The van der Waals surface area contributed by atoms with E-state index in [0.717, 1.165) is 13.0 Å². The summed E-state index contributed by atoms with van der Waals surface area (Å²) in [5, 5.41) is 15.1. The Labute approximate surface area is 101 Å². The number of halogens is 1. The van der Waals surface area contributed by atoms with Crippen LogP contribution < -0.4 is 0 Å². The molecule has 1 aromatic rings. The molecule has 2 unspecified atom stereocenters. The van der Waals surface area contributed by atoms with Crippen LogP contribution in [-0.4, -0.2) is 28.1 Å². The quantitative estimate of drug-likeness (QED) is 0.867. The second-order valence-electron chi connectivity index (χ2n) is 4.09. The Morgan fingerprint density at radius 1 is 1.69 bits per heavy atom. The van der Waals surface area contributed by atoms with Gasteiger partial charge in [-0.15, -0.1) is 0 Å². The average molecular weight is 247 g/mol. The lowest BCUT2D eigenvalue weighted by molar-refractivity contribution is -0.0822. The minimum Gasteiger partial charge on any atom is -0.381 e. The van der Waals surface area contributed by atoms with Gasteiger partial charge in [0.2, 0.25) is 0 Å². The fourth-order valence-electron chi connectivity index (χ4n) is 1.67. The third kappa shape index (κ3) is 2.39. The molecule has 1 rings (SSSR count). The van der Waals surface area contributed by atoms with Gasteiger partial charge in [-0.05, 0) is 20.3 Å². The van der Waals surface area contributed by atoms with Crippen LogP contribution >= 0.6 is 11.6 Å². The van der Waals surface area contributed by atoms with Crippen molar-refractivity contribution in [3.63, 3.8) is 0 Å². The SMILES string of the molecule is CCCn1ncc(Cl)c1C(C)(O)C(C)OC. The molecular weight excluding hydrogens is 228 g/mol. The van der Waals surface area contributed by atoms with Gasteiger partial charge in [0.05, 0.1) is 23.0 Å². The Kier molecular flexibility index (Phi) is 4.35. The first-order valence-corrected chi connectivity index (χ1v) is 5.79. The molecule has 0 aromatic carbocycles. The molecule has 4 nitrogen and oxygen atoms in total. The molecule has 5 heteroatoms. The van der Waals surface area contributed by atoms with E-state index in [9.17, 15) is 5.11 Å². The summed E-state index contributed by atoms with van der Waals surface area (Å²) in [6.07, 6.45) is 2.14. The highest BCUT2D eigenvalue weighted by molar-refractivity contribution is 6.31. The van der Waals surface area contributed by atoms with Crippen LogP contribution in [0.15, 0.2) is 6.20 Å². The highest BCUT2D eigenvalue weighted by Gasteiger charge is 2.36. The van der Waals surface area contributed by atoms with Crippen LogP contribution in [0.1, 0.15) is 32.9 Å². The molecule has 0 aliphatic rings. The summed E-state index contributed by atoms with van der Waals surface area (Å²) >= 11 is 6.07. The maximum atomic E-state index is 10.5. The zero-order valence-corrected chi connectivity index (χ0v) is 11.0. The van der Waals surface area contributed by atoms with Crippen LogP contribution in [0.5, 0.6) is 0 Å². The molecule has 16 heavy (non-hydrogen) atoms.